The lowest BCUT2D eigenvalue weighted by Crippen LogP contribution is -2.40. The van der Waals surface area contributed by atoms with Crippen molar-refractivity contribution >= 4 is 5.97 Å². The molecule has 2 rings (SSSR count). The Bertz CT molecular complexity index is 545. The van der Waals surface area contributed by atoms with Crippen LogP contribution in [0, 0.1) is 6.92 Å². The molecule has 1 aromatic rings. The molecule has 0 spiro atoms. The van der Waals surface area contributed by atoms with Crippen molar-refractivity contribution in [1.29, 1.82) is 0 Å². The van der Waals surface area contributed by atoms with Crippen LogP contribution in [0.5, 0.6) is 0 Å². The van der Waals surface area contributed by atoms with Crippen molar-refractivity contribution in [3.05, 3.63) is 17.5 Å². The molecular weight excluding hydrogens is 315 g/mol. The minimum atomic E-state index is -5.01. The molecule has 0 amide bonds. The van der Waals surface area contributed by atoms with Crippen LogP contribution in [0.15, 0.2) is 6.20 Å². The average molecular weight is 335 g/mol. The molecule has 6 nitrogen and oxygen atoms in total. The predicted molar refractivity (Wildman–Crippen MR) is 74.3 cm³/mol. The highest BCUT2D eigenvalue weighted by molar-refractivity contribution is 5.75. The summed E-state index contributed by atoms with van der Waals surface area (Å²) in [6.45, 7) is 3.02. The van der Waals surface area contributed by atoms with Crippen LogP contribution in [-0.4, -0.2) is 47.3 Å². The molecule has 23 heavy (non-hydrogen) atoms. The Balaban J connectivity index is 2.21. The van der Waals surface area contributed by atoms with E-state index in [-0.39, 0.29) is 6.54 Å². The molecular formula is C14H20F3N3O3. The van der Waals surface area contributed by atoms with E-state index in [0.29, 0.717) is 26.0 Å². The molecule has 0 N–H and O–H groups in total. The lowest BCUT2D eigenvalue weighted by atomic mass is 9.99. The Morgan fingerprint density at radius 2 is 2.17 bits per heavy atom. The fourth-order valence-electron chi connectivity index (χ4n) is 2.72. The van der Waals surface area contributed by atoms with Gasteiger partial charge in [0.25, 0.3) is 0 Å². The van der Waals surface area contributed by atoms with Crippen molar-refractivity contribution in [1.82, 2.24) is 14.8 Å². The summed E-state index contributed by atoms with van der Waals surface area (Å²) in [5.41, 5.74) is 1.61. The number of ether oxygens (including phenoxy) is 1. The van der Waals surface area contributed by atoms with Gasteiger partial charge in [-0.15, -0.1) is 5.06 Å². The standard InChI is InChI=1S/C14H20F3N3O3/c1-10-9-18-19(7-8-22-2)12(10)11-5-3-4-6-20(11)23-13(21)14(15,16)17/h9,11H,3-8H2,1-2H3. The fraction of sp³-hybridized carbons (Fsp3) is 0.714. The van der Waals surface area contributed by atoms with E-state index in [4.69, 9.17) is 4.74 Å². The number of hydrogen-bond donors (Lipinski definition) is 0. The maximum Gasteiger partial charge on any atom is 0.492 e. The van der Waals surface area contributed by atoms with Gasteiger partial charge in [0, 0.05) is 13.7 Å². The van der Waals surface area contributed by atoms with Gasteiger partial charge in [-0.3, -0.25) is 4.68 Å². The Morgan fingerprint density at radius 3 is 2.83 bits per heavy atom. The zero-order valence-corrected chi connectivity index (χ0v) is 13.1. The fourth-order valence-corrected chi connectivity index (χ4v) is 2.72. The lowest BCUT2D eigenvalue weighted by Gasteiger charge is -2.34. The monoisotopic (exact) mass is 335 g/mol. The molecule has 0 radical (unpaired) electrons. The minimum absolute atomic E-state index is 0.265. The van der Waals surface area contributed by atoms with Crippen LogP contribution in [0.2, 0.25) is 0 Å². The van der Waals surface area contributed by atoms with Crippen LogP contribution in [0.4, 0.5) is 13.2 Å². The first kappa shape index (κ1) is 17.7. The van der Waals surface area contributed by atoms with Crippen LogP contribution in [0.3, 0.4) is 0 Å². The normalized spacial score (nSPS) is 19.8. The highest BCUT2D eigenvalue weighted by Gasteiger charge is 2.44. The minimum Gasteiger partial charge on any atom is -0.383 e. The smallest absolute Gasteiger partial charge is 0.383 e. The number of carbonyl (C=O) groups excluding carboxylic acids is 1. The Morgan fingerprint density at radius 1 is 1.43 bits per heavy atom. The number of alkyl halides is 3. The Hall–Kier alpha value is -1.61. The maximum atomic E-state index is 12.5. The molecule has 1 saturated heterocycles. The third-order valence-corrected chi connectivity index (χ3v) is 3.78. The highest BCUT2D eigenvalue weighted by Crippen LogP contribution is 2.34. The van der Waals surface area contributed by atoms with Gasteiger partial charge in [-0.1, -0.05) is 0 Å². The van der Waals surface area contributed by atoms with Gasteiger partial charge in [0.15, 0.2) is 0 Å². The van der Waals surface area contributed by atoms with Crippen LogP contribution in [-0.2, 0) is 20.9 Å². The Labute approximate surface area is 132 Å². The second kappa shape index (κ2) is 7.31. The van der Waals surface area contributed by atoms with Crippen molar-refractivity contribution in [2.75, 3.05) is 20.3 Å². The van der Waals surface area contributed by atoms with Gasteiger partial charge < -0.3 is 9.57 Å². The van der Waals surface area contributed by atoms with E-state index >= 15 is 0 Å². The van der Waals surface area contributed by atoms with Crippen molar-refractivity contribution in [2.45, 2.75) is 44.9 Å². The number of hydrogen-bond acceptors (Lipinski definition) is 5. The summed E-state index contributed by atoms with van der Waals surface area (Å²) in [5.74, 6) is -2.19. The van der Waals surface area contributed by atoms with E-state index in [0.717, 1.165) is 22.7 Å². The van der Waals surface area contributed by atoms with Crippen LogP contribution in [0.1, 0.15) is 36.6 Å². The number of piperidine rings is 1. The van der Waals surface area contributed by atoms with E-state index < -0.39 is 18.2 Å². The molecule has 1 atom stereocenters. The van der Waals surface area contributed by atoms with E-state index in [1.807, 2.05) is 6.92 Å². The third kappa shape index (κ3) is 4.23. The van der Waals surface area contributed by atoms with Gasteiger partial charge in [0.1, 0.15) is 0 Å². The number of carbonyl (C=O) groups is 1. The molecule has 1 aromatic heterocycles. The highest BCUT2D eigenvalue weighted by atomic mass is 19.4. The lowest BCUT2D eigenvalue weighted by molar-refractivity contribution is -0.251. The van der Waals surface area contributed by atoms with E-state index in [1.54, 1.807) is 18.0 Å². The molecule has 130 valence electrons. The number of methoxy groups -OCH3 is 1. The maximum absolute atomic E-state index is 12.5. The zero-order valence-electron chi connectivity index (χ0n) is 13.1. The van der Waals surface area contributed by atoms with Crippen molar-refractivity contribution in [3.8, 4) is 0 Å². The van der Waals surface area contributed by atoms with E-state index in [2.05, 4.69) is 9.94 Å². The summed E-state index contributed by atoms with van der Waals surface area (Å²) in [4.78, 5) is 15.8. The molecule has 0 aliphatic carbocycles. The summed E-state index contributed by atoms with van der Waals surface area (Å²) in [7, 11) is 1.56. The first-order valence-electron chi connectivity index (χ1n) is 7.41. The number of aryl methyl sites for hydroxylation is 1. The van der Waals surface area contributed by atoms with Crippen molar-refractivity contribution < 1.29 is 27.5 Å². The zero-order chi connectivity index (χ0) is 17.0. The molecule has 2 heterocycles. The van der Waals surface area contributed by atoms with Crippen molar-refractivity contribution in [3.63, 3.8) is 0 Å². The number of aromatic nitrogens is 2. The van der Waals surface area contributed by atoms with Gasteiger partial charge in [-0.05, 0) is 31.7 Å². The average Bonchev–Trinajstić information content (AvgIpc) is 2.85. The van der Waals surface area contributed by atoms with Gasteiger partial charge in [0.2, 0.25) is 0 Å². The first-order chi connectivity index (χ1) is 10.8. The molecule has 0 bridgehead atoms. The van der Waals surface area contributed by atoms with Gasteiger partial charge >= 0.3 is 12.1 Å². The quantitative estimate of drug-likeness (QED) is 0.827. The van der Waals surface area contributed by atoms with Crippen LogP contribution < -0.4 is 0 Å². The second-order valence-electron chi connectivity index (χ2n) is 5.46. The molecule has 1 unspecified atom stereocenters. The Kier molecular flexibility index (Phi) is 5.64. The third-order valence-electron chi connectivity index (χ3n) is 3.78. The molecule has 9 heteroatoms. The summed E-state index contributed by atoms with van der Waals surface area (Å²) in [6.07, 6.45) is -1.23. The van der Waals surface area contributed by atoms with E-state index in [9.17, 15) is 18.0 Å². The second-order valence-corrected chi connectivity index (χ2v) is 5.46. The molecule has 0 saturated carbocycles. The van der Waals surface area contributed by atoms with Crippen molar-refractivity contribution in [2.24, 2.45) is 0 Å². The molecule has 1 fully saturated rings. The number of nitrogens with zero attached hydrogens (tertiary/aromatic N) is 3. The van der Waals surface area contributed by atoms with Crippen LogP contribution in [0.25, 0.3) is 0 Å². The predicted octanol–water partition coefficient (Wildman–Crippen LogP) is 2.39. The van der Waals surface area contributed by atoms with Gasteiger partial charge in [-0.2, -0.15) is 18.3 Å². The van der Waals surface area contributed by atoms with Gasteiger partial charge in [-0.25, -0.2) is 4.79 Å². The van der Waals surface area contributed by atoms with Crippen LogP contribution >= 0.6 is 0 Å². The van der Waals surface area contributed by atoms with Gasteiger partial charge in [0.05, 0.1) is 31.1 Å². The molecule has 1 aliphatic heterocycles. The number of rotatable bonds is 5. The summed E-state index contributed by atoms with van der Waals surface area (Å²) < 4.78 is 44.1. The largest absolute Gasteiger partial charge is 0.492 e. The topological polar surface area (TPSA) is 56.6 Å². The van der Waals surface area contributed by atoms with E-state index in [1.165, 1.54) is 0 Å². The summed E-state index contributed by atoms with van der Waals surface area (Å²) in [6, 6.07) is -0.436. The molecule has 1 aliphatic rings. The SMILES string of the molecule is COCCn1ncc(C)c1C1CCCCN1OC(=O)C(F)(F)F. The summed E-state index contributed by atoms with van der Waals surface area (Å²) in [5, 5.41) is 5.37. The number of hydroxylamine groups is 2. The number of halogens is 3. The summed E-state index contributed by atoms with van der Waals surface area (Å²) >= 11 is 0. The first-order valence-corrected chi connectivity index (χ1v) is 7.41. The molecule has 0 aromatic carbocycles.